The zero-order chi connectivity index (χ0) is 8.97. The fourth-order valence-electron chi connectivity index (χ4n) is 1.44. The Kier molecular flexibility index (Phi) is 3.98. The Morgan fingerprint density at radius 2 is 2.25 bits per heavy atom. The van der Waals surface area contributed by atoms with Gasteiger partial charge in [-0.15, -0.1) is 0 Å². The molecule has 0 spiro atoms. The number of methoxy groups -OCH3 is 1. The molecule has 0 aliphatic heterocycles. The molecule has 3 heteroatoms. The van der Waals surface area contributed by atoms with Gasteiger partial charge in [0.25, 0.3) is 0 Å². The second-order valence-corrected chi connectivity index (χ2v) is 3.70. The van der Waals surface area contributed by atoms with Gasteiger partial charge in [-0.25, -0.2) is 0 Å². The Labute approximate surface area is 74.9 Å². The van der Waals surface area contributed by atoms with Gasteiger partial charge in [-0.05, 0) is 19.8 Å². The van der Waals surface area contributed by atoms with Crippen molar-refractivity contribution in [3.05, 3.63) is 0 Å². The number of nitrogens with two attached hydrogens (primary N) is 1. The summed E-state index contributed by atoms with van der Waals surface area (Å²) in [6, 6.07) is 1.08. The number of hydrogen-bond acceptors (Lipinski definition) is 3. The molecule has 0 heterocycles. The van der Waals surface area contributed by atoms with Crippen molar-refractivity contribution in [1.82, 2.24) is 4.90 Å². The maximum atomic E-state index is 5.75. The third kappa shape index (κ3) is 3.52. The van der Waals surface area contributed by atoms with Gasteiger partial charge in [-0.3, -0.25) is 4.90 Å². The van der Waals surface area contributed by atoms with Crippen LogP contribution in [0.4, 0.5) is 0 Å². The maximum absolute atomic E-state index is 5.75. The fourth-order valence-corrected chi connectivity index (χ4v) is 1.44. The molecule has 1 rings (SSSR count). The van der Waals surface area contributed by atoms with Crippen LogP contribution in [-0.4, -0.2) is 43.8 Å². The highest BCUT2D eigenvalue weighted by atomic mass is 16.5. The monoisotopic (exact) mass is 172 g/mol. The number of rotatable bonds is 6. The molecule has 1 fully saturated rings. The molecule has 0 radical (unpaired) electrons. The molecule has 0 unspecified atom stereocenters. The number of hydrogen-bond donors (Lipinski definition) is 1. The average molecular weight is 172 g/mol. The second-order valence-electron chi connectivity index (χ2n) is 3.70. The van der Waals surface area contributed by atoms with Crippen LogP contribution >= 0.6 is 0 Å². The summed E-state index contributed by atoms with van der Waals surface area (Å²) < 4.78 is 5.05. The lowest BCUT2D eigenvalue weighted by molar-refractivity contribution is 0.140. The molecule has 72 valence electrons. The Hall–Kier alpha value is -0.120. The van der Waals surface area contributed by atoms with Crippen LogP contribution in [0.3, 0.4) is 0 Å². The van der Waals surface area contributed by atoms with Crippen LogP contribution in [0.5, 0.6) is 0 Å². The van der Waals surface area contributed by atoms with Gasteiger partial charge in [0.2, 0.25) is 0 Å². The summed E-state index contributed by atoms with van der Waals surface area (Å²) in [4.78, 5) is 2.44. The second kappa shape index (κ2) is 4.80. The summed E-state index contributed by atoms with van der Waals surface area (Å²) in [6.45, 7) is 4.92. The Balaban J connectivity index is 2.18. The molecule has 0 aromatic carbocycles. The molecular weight excluding hydrogens is 152 g/mol. The highest BCUT2D eigenvalue weighted by Crippen LogP contribution is 2.26. The molecule has 0 aromatic heterocycles. The van der Waals surface area contributed by atoms with Crippen LogP contribution in [0.15, 0.2) is 0 Å². The van der Waals surface area contributed by atoms with Gasteiger partial charge in [-0.1, -0.05) is 0 Å². The predicted octanol–water partition coefficient (Wildman–Crippen LogP) is 0.444. The van der Waals surface area contributed by atoms with E-state index in [0.29, 0.717) is 0 Å². The minimum atomic E-state index is 0.280. The summed E-state index contributed by atoms with van der Waals surface area (Å²) in [6.07, 6.45) is 2.69. The van der Waals surface area contributed by atoms with Crippen LogP contribution < -0.4 is 5.73 Å². The van der Waals surface area contributed by atoms with Crippen LogP contribution in [0.25, 0.3) is 0 Å². The van der Waals surface area contributed by atoms with Gasteiger partial charge < -0.3 is 10.5 Å². The molecular formula is C9H20N2O. The number of ether oxygens (including phenoxy) is 1. The summed E-state index contributed by atoms with van der Waals surface area (Å²) in [7, 11) is 1.75. The quantitative estimate of drug-likeness (QED) is 0.632. The van der Waals surface area contributed by atoms with Gasteiger partial charge in [0.15, 0.2) is 0 Å². The van der Waals surface area contributed by atoms with Crippen molar-refractivity contribution in [2.75, 3.05) is 26.8 Å². The van der Waals surface area contributed by atoms with Crippen molar-refractivity contribution in [3.8, 4) is 0 Å². The lowest BCUT2D eigenvalue weighted by atomic mass is 10.3. The minimum Gasteiger partial charge on any atom is -0.383 e. The van der Waals surface area contributed by atoms with Crippen LogP contribution in [-0.2, 0) is 4.74 Å². The van der Waals surface area contributed by atoms with E-state index in [1.807, 2.05) is 0 Å². The zero-order valence-corrected chi connectivity index (χ0v) is 8.12. The number of nitrogens with zero attached hydrogens (tertiary/aromatic N) is 1. The molecule has 1 saturated carbocycles. The molecule has 1 aliphatic carbocycles. The molecule has 2 N–H and O–H groups in total. The van der Waals surface area contributed by atoms with Crippen molar-refractivity contribution in [1.29, 1.82) is 0 Å². The van der Waals surface area contributed by atoms with Gasteiger partial charge >= 0.3 is 0 Å². The molecule has 0 saturated heterocycles. The summed E-state index contributed by atoms with van der Waals surface area (Å²) in [5.74, 6) is 0. The summed E-state index contributed by atoms with van der Waals surface area (Å²) in [5.41, 5.74) is 5.75. The third-order valence-electron chi connectivity index (χ3n) is 2.17. The molecule has 1 atom stereocenters. The Bertz CT molecular complexity index is 124. The Morgan fingerprint density at radius 1 is 1.58 bits per heavy atom. The summed E-state index contributed by atoms with van der Waals surface area (Å²) >= 11 is 0. The first-order valence-electron chi connectivity index (χ1n) is 4.72. The molecule has 0 amide bonds. The third-order valence-corrected chi connectivity index (χ3v) is 2.17. The normalized spacial score (nSPS) is 20.0. The van der Waals surface area contributed by atoms with Gasteiger partial charge in [0, 0.05) is 32.3 Å². The molecule has 0 bridgehead atoms. The SMILES string of the molecule is COCCN(C[C@@H](C)N)C1CC1. The van der Waals surface area contributed by atoms with Crippen LogP contribution in [0.1, 0.15) is 19.8 Å². The molecule has 1 aliphatic rings. The highest BCUT2D eigenvalue weighted by molar-refractivity contribution is 4.85. The van der Waals surface area contributed by atoms with E-state index in [-0.39, 0.29) is 6.04 Å². The van der Waals surface area contributed by atoms with E-state index in [2.05, 4.69) is 11.8 Å². The van der Waals surface area contributed by atoms with Crippen molar-refractivity contribution >= 4 is 0 Å². The smallest absolute Gasteiger partial charge is 0.0589 e. The van der Waals surface area contributed by atoms with Crippen LogP contribution in [0.2, 0.25) is 0 Å². The molecule has 12 heavy (non-hydrogen) atoms. The molecule has 3 nitrogen and oxygen atoms in total. The van der Waals surface area contributed by atoms with Gasteiger partial charge in [0.05, 0.1) is 6.61 Å². The zero-order valence-electron chi connectivity index (χ0n) is 8.12. The Morgan fingerprint density at radius 3 is 2.67 bits per heavy atom. The van der Waals surface area contributed by atoms with E-state index in [0.717, 1.165) is 25.7 Å². The lowest BCUT2D eigenvalue weighted by Crippen LogP contribution is -2.38. The molecule has 0 aromatic rings. The van der Waals surface area contributed by atoms with E-state index in [9.17, 15) is 0 Å². The van der Waals surface area contributed by atoms with Crippen molar-refractivity contribution < 1.29 is 4.74 Å². The largest absolute Gasteiger partial charge is 0.383 e. The van der Waals surface area contributed by atoms with E-state index in [1.165, 1.54) is 12.8 Å². The summed E-state index contributed by atoms with van der Waals surface area (Å²) in [5, 5.41) is 0. The van der Waals surface area contributed by atoms with E-state index >= 15 is 0 Å². The van der Waals surface area contributed by atoms with Crippen LogP contribution in [0, 0.1) is 0 Å². The fraction of sp³-hybridized carbons (Fsp3) is 1.00. The van der Waals surface area contributed by atoms with Crippen molar-refractivity contribution in [2.24, 2.45) is 5.73 Å². The average Bonchev–Trinajstić information content (AvgIpc) is 2.79. The first kappa shape index (κ1) is 9.96. The predicted molar refractivity (Wildman–Crippen MR) is 50.1 cm³/mol. The van der Waals surface area contributed by atoms with E-state index in [4.69, 9.17) is 10.5 Å². The van der Waals surface area contributed by atoms with Gasteiger partial charge in [-0.2, -0.15) is 0 Å². The van der Waals surface area contributed by atoms with Crippen molar-refractivity contribution in [2.45, 2.75) is 31.8 Å². The first-order chi connectivity index (χ1) is 5.74. The topological polar surface area (TPSA) is 38.5 Å². The van der Waals surface area contributed by atoms with Crippen molar-refractivity contribution in [3.63, 3.8) is 0 Å². The van der Waals surface area contributed by atoms with Gasteiger partial charge in [0.1, 0.15) is 0 Å². The first-order valence-corrected chi connectivity index (χ1v) is 4.72. The maximum Gasteiger partial charge on any atom is 0.0589 e. The van der Waals surface area contributed by atoms with E-state index in [1.54, 1.807) is 7.11 Å². The highest BCUT2D eigenvalue weighted by Gasteiger charge is 2.28. The van der Waals surface area contributed by atoms with E-state index < -0.39 is 0 Å². The minimum absolute atomic E-state index is 0.280. The lowest BCUT2D eigenvalue weighted by Gasteiger charge is -2.23. The standard InChI is InChI=1S/C9H20N2O/c1-8(10)7-11(5-6-12-2)9-3-4-9/h8-9H,3-7,10H2,1-2H3/t8-/m1/s1.